The number of methoxy groups -OCH3 is 2. The highest BCUT2D eigenvalue weighted by molar-refractivity contribution is 5.42. The van der Waals surface area contributed by atoms with Crippen LogP contribution in [0.2, 0.25) is 0 Å². The van der Waals surface area contributed by atoms with Crippen LogP contribution >= 0.6 is 0 Å². The van der Waals surface area contributed by atoms with Crippen molar-refractivity contribution >= 4 is 0 Å². The Hall–Kier alpha value is -2.15. The Morgan fingerprint density at radius 2 is 2.00 bits per heavy atom. The van der Waals surface area contributed by atoms with Crippen molar-refractivity contribution in [3.63, 3.8) is 0 Å². The van der Waals surface area contributed by atoms with Crippen LogP contribution < -0.4 is 14.8 Å². The van der Waals surface area contributed by atoms with Crippen LogP contribution in [0.1, 0.15) is 24.4 Å². The summed E-state index contributed by atoms with van der Waals surface area (Å²) in [6.45, 7) is 2.59. The van der Waals surface area contributed by atoms with Gasteiger partial charge in [0.25, 0.3) is 0 Å². The average molecular weight is 277 g/mol. The van der Waals surface area contributed by atoms with Gasteiger partial charge in [0.05, 0.1) is 26.8 Å². The Bertz CT molecular complexity index is 570. The third-order valence-electron chi connectivity index (χ3n) is 3.16. The Labute approximate surface area is 117 Å². The van der Waals surface area contributed by atoms with E-state index < -0.39 is 0 Å². The molecule has 7 nitrogen and oxygen atoms in total. The van der Waals surface area contributed by atoms with Crippen LogP contribution in [0.3, 0.4) is 0 Å². The predicted molar refractivity (Wildman–Crippen MR) is 73.9 cm³/mol. The molecule has 0 saturated carbocycles. The largest absolute Gasteiger partial charge is 0.493 e. The number of benzene rings is 1. The molecular formula is C13H19N5O2. The van der Waals surface area contributed by atoms with Gasteiger partial charge in [-0.3, -0.25) is 0 Å². The van der Waals surface area contributed by atoms with E-state index in [4.69, 9.17) is 9.47 Å². The van der Waals surface area contributed by atoms with E-state index in [2.05, 4.69) is 20.8 Å². The Morgan fingerprint density at radius 1 is 1.25 bits per heavy atom. The first-order chi connectivity index (χ1) is 9.69. The topological polar surface area (TPSA) is 74.1 Å². The number of nitrogens with zero attached hydrogens (tertiary/aromatic N) is 4. The summed E-state index contributed by atoms with van der Waals surface area (Å²) in [5, 5.41) is 14.9. The second kappa shape index (κ2) is 6.33. The van der Waals surface area contributed by atoms with Crippen LogP contribution in [-0.4, -0.2) is 41.5 Å². The van der Waals surface area contributed by atoms with Crippen LogP contribution in [-0.2, 0) is 6.54 Å². The molecule has 1 heterocycles. The van der Waals surface area contributed by atoms with Crippen molar-refractivity contribution < 1.29 is 9.47 Å². The molecule has 0 spiro atoms. The molecule has 7 heteroatoms. The van der Waals surface area contributed by atoms with Crippen LogP contribution in [0.4, 0.5) is 0 Å². The predicted octanol–water partition coefficient (Wildman–Crippen LogP) is 1.02. The van der Waals surface area contributed by atoms with Gasteiger partial charge in [-0.15, -0.1) is 5.10 Å². The van der Waals surface area contributed by atoms with Crippen LogP contribution in [0.5, 0.6) is 11.5 Å². The van der Waals surface area contributed by atoms with E-state index in [9.17, 15) is 0 Å². The third-order valence-corrected chi connectivity index (χ3v) is 3.16. The lowest BCUT2D eigenvalue weighted by molar-refractivity contribution is 0.354. The van der Waals surface area contributed by atoms with Crippen LogP contribution in [0, 0.1) is 0 Å². The van der Waals surface area contributed by atoms with E-state index in [0.29, 0.717) is 18.0 Å². The minimum Gasteiger partial charge on any atom is -0.493 e. The van der Waals surface area contributed by atoms with Crippen molar-refractivity contribution in [3.8, 4) is 11.5 Å². The van der Waals surface area contributed by atoms with Gasteiger partial charge in [0.15, 0.2) is 17.3 Å². The molecule has 1 unspecified atom stereocenters. The van der Waals surface area contributed by atoms with E-state index in [1.54, 1.807) is 18.9 Å². The number of hydrogen-bond acceptors (Lipinski definition) is 6. The van der Waals surface area contributed by atoms with Crippen molar-refractivity contribution in [1.29, 1.82) is 0 Å². The molecule has 20 heavy (non-hydrogen) atoms. The van der Waals surface area contributed by atoms with E-state index in [-0.39, 0.29) is 6.04 Å². The summed E-state index contributed by atoms with van der Waals surface area (Å²) in [5.41, 5.74) is 1.04. The fraction of sp³-hybridized carbons (Fsp3) is 0.462. The second-order valence-electron chi connectivity index (χ2n) is 4.39. The molecule has 1 N–H and O–H groups in total. The molecule has 0 aliphatic carbocycles. The van der Waals surface area contributed by atoms with Crippen molar-refractivity contribution in [2.45, 2.75) is 19.5 Å². The highest BCUT2D eigenvalue weighted by Gasteiger charge is 2.13. The van der Waals surface area contributed by atoms with Gasteiger partial charge in [0.2, 0.25) is 0 Å². The monoisotopic (exact) mass is 277 g/mol. The number of hydrogen-bond donors (Lipinski definition) is 1. The number of nitrogens with one attached hydrogen (secondary N) is 1. The van der Waals surface area contributed by atoms with Crippen LogP contribution in [0.15, 0.2) is 18.2 Å². The molecule has 0 fully saturated rings. The first-order valence-electron chi connectivity index (χ1n) is 6.33. The van der Waals surface area contributed by atoms with Gasteiger partial charge in [0, 0.05) is 0 Å². The summed E-state index contributed by atoms with van der Waals surface area (Å²) in [6.07, 6.45) is 0. The fourth-order valence-corrected chi connectivity index (χ4v) is 1.92. The number of ether oxygens (including phenoxy) is 2. The summed E-state index contributed by atoms with van der Waals surface area (Å²) in [7, 11) is 5.11. The normalized spacial score (nSPS) is 12.2. The Kier molecular flexibility index (Phi) is 4.52. The molecule has 2 aromatic rings. The zero-order valence-corrected chi connectivity index (χ0v) is 12.1. The highest BCUT2D eigenvalue weighted by atomic mass is 16.5. The Morgan fingerprint density at radius 3 is 2.65 bits per heavy atom. The average Bonchev–Trinajstić information content (AvgIpc) is 2.94. The summed E-state index contributed by atoms with van der Waals surface area (Å²) in [4.78, 5) is 0. The molecule has 0 saturated heterocycles. The SMILES string of the molecule is CNC(C)c1nnnn1Cc1ccc(OC)c(OC)c1. The summed E-state index contributed by atoms with van der Waals surface area (Å²) < 4.78 is 12.3. The van der Waals surface area contributed by atoms with Gasteiger partial charge < -0.3 is 14.8 Å². The maximum atomic E-state index is 5.30. The zero-order chi connectivity index (χ0) is 14.5. The van der Waals surface area contributed by atoms with Gasteiger partial charge in [-0.1, -0.05) is 6.07 Å². The van der Waals surface area contributed by atoms with Crippen molar-refractivity contribution in [1.82, 2.24) is 25.5 Å². The molecule has 108 valence electrons. The number of tetrazole rings is 1. The lowest BCUT2D eigenvalue weighted by Gasteiger charge is -2.12. The first kappa shape index (κ1) is 14.3. The minimum atomic E-state index is 0.0881. The second-order valence-corrected chi connectivity index (χ2v) is 4.39. The maximum Gasteiger partial charge on any atom is 0.168 e. The molecular weight excluding hydrogens is 258 g/mol. The molecule has 1 aromatic heterocycles. The molecule has 0 aliphatic heterocycles. The maximum absolute atomic E-state index is 5.30. The standard InChI is InChI=1S/C13H19N5O2/c1-9(14-2)13-15-16-17-18(13)8-10-5-6-11(19-3)12(7-10)20-4/h5-7,9,14H,8H2,1-4H3. The lowest BCUT2D eigenvalue weighted by Crippen LogP contribution is -2.19. The molecule has 1 aromatic carbocycles. The van der Waals surface area contributed by atoms with Crippen molar-refractivity contribution in [2.24, 2.45) is 0 Å². The van der Waals surface area contributed by atoms with E-state index in [0.717, 1.165) is 11.4 Å². The fourth-order valence-electron chi connectivity index (χ4n) is 1.92. The molecule has 2 rings (SSSR count). The smallest absolute Gasteiger partial charge is 0.168 e. The zero-order valence-electron chi connectivity index (χ0n) is 12.1. The third kappa shape index (κ3) is 2.88. The molecule has 0 aliphatic rings. The first-order valence-corrected chi connectivity index (χ1v) is 6.33. The summed E-state index contributed by atoms with van der Waals surface area (Å²) >= 11 is 0. The minimum absolute atomic E-state index is 0.0881. The van der Waals surface area contributed by atoms with Gasteiger partial charge in [0.1, 0.15) is 0 Å². The van der Waals surface area contributed by atoms with Gasteiger partial charge >= 0.3 is 0 Å². The van der Waals surface area contributed by atoms with Gasteiger partial charge in [-0.05, 0) is 42.1 Å². The quantitative estimate of drug-likeness (QED) is 0.849. The summed E-state index contributed by atoms with van der Waals surface area (Å²) in [6, 6.07) is 5.86. The van der Waals surface area contributed by atoms with E-state index in [1.807, 2.05) is 32.2 Å². The van der Waals surface area contributed by atoms with E-state index in [1.165, 1.54) is 0 Å². The highest BCUT2D eigenvalue weighted by Crippen LogP contribution is 2.27. The molecule has 0 amide bonds. The lowest BCUT2D eigenvalue weighted by atomic mass is 10.2. The van der Waals surface area contributed by atoms with Gasteiger partial charge in [-0.2, -0.15) is 0 Å². The van der Waals surface area contributed by atoms with Crippen LogP contribution in [0.25, 0.3) is 0 Å². The van der Waals surface area contributed by atoms with E-state index >= 15 is 0 Å². The molecule has 0 radical (unpaired) electrons. The van der Waals surface area contributed by atoms with Crippen molar-refractivity contribution in [3.05, 3.63) is 29.6 Å². The molecule has 0 bridgehead atoms. The number of aromatic nitrogens is 4. The molecule has 1 atom stereocenters. The number of rotatable bonds is 6. The van der Waals surface area contributed by atoms with Gasteiger partial charge in [-0.25, -0.2) is 4.68 Å². The Balaban J connectivity index is 2.24. The summed E-state index contributed by atoms with van der Waals surface area (Å²) in [5.74, 6) is 2.19. The van der Waals surface area contributed by atoms with Crippen molar-refractivity contribution in [2.75, 3.05) is 21.3 Å².